The Morgan fingerprint density at radius 1 is 1.18 bits per heavy atom. The van der Waals surface area contributed by atoms with Gasteiger partial charge in [-0.2, -0.15) is 0 Å². The predicted octanol–water partition coefficient (Wildman–Crippen LogP) is 3.76. The fourth-order valence-electron chi connectivity index (χ4n) is 2.86. The minimum absolute atomic E-state index is 0.223. The van der Waals surface area contributed by atoms with Crippen LogP contribution in [0.15, 0.2) is 53.4 Å². The van der Waals surface area contributed by atoms with Crippen molar-refractivity contribution >= 4 is 29.3 Å². The molecule has 0 bridgehead atoms. The van der Waals surface area contributed by atoms with E-state index in [1.54, 1.807) is 48.2 Å². The molecule has 1 aliphatic rings. The summed E-state index contributed by atoms with van der Waals surface area (Å²) in [5, 5.41) is 2.68. The zero-order valence-electron chi connectivity index (χ0n) is 15.7. The molecule has 0 aliphatic carbocycles. The number of carbonyl (C=O) groups excluding carboxylic acids is 2. The molecule has 0 spiro atoms. The zero-order valence-corrected chi connectivity index (χ0v) is 16.5. The Bertz CT molecular complexity index is 820. The van der Waals surface area contributed by atoms with E-state index in [9.17, 15) is 9.59 Å². The fourth-order valence-corrected chi connectivity index (χ4v) is 3.97. The molecule has 1 fully saturated rings. The van der Waals surface area contributed by atoms with Crippen molar-refractivity contribution in [3.63, 3.8) is 0 Å². The second-order valence-electron chi connectivity index (χ2n) is 6.27. The molecule has 1 heterocycles. The van der Waals surface area contributed by atoms with Crippen molar-refractivity contribution in [1.29, 1.82) is 0 Å². The molecule has 0 unspecified atom stereocenters. The molecular weight excluding hydrogens is 378 g/mol. The third-order valence-corrected chi connectivity index (χ3v) is 5.48. The summed E-state index contributed by atoms with van der Waals surface area (Å²) in [6.45, 7) is 0.428. The van der Waals surface area contributed by atoms with Crippen LogP contribution in [0.1, 0.15) is 23.2 Å². The molecule has 28 heavy (non-hydrogen) atoms. The summed E-state index contributed by atoms with van der Waals surface area (Å²) in [5.74, 6) is 0.379. The van der Waals surface area contributed by atoms with Gasteiger partial charge in [0.15, 0.2) is 6.61 Å². The van der Waals surface area contributed by atoms with Crippen molar-refractivity contribution in [2.75, 3.05) is 31.4 Å². The third kappa shape index (κ3) is 5.50. The van der Waals surface area contributed by atoms with Crippen LogP contribution < -0.4 is 10.1 Å². The molecule has 1 saturated heterocycles. The summed E-state index contributed by atoms with van der Waals surface area (Å²) in [4.78, 5) is 25.4. The minimum atomic E-state index is -0.523. The number of thioether (sulfide) groups is 1. The van der Waals surface area contributed by atoms with E-state index in [2.05, 4.69) is 5.32 Å². The molecule has 0 radical (unpaired) electrons. The molecule has 7 heteroatoms. The van der Waals surface area contributed by atoms with Gasteiger partial charge in [-0.15, -0.1) is 11.8 Å². The van der Waals surface area contributed by atoms with E-state index in [1.165, 1.54) is 7.11 Å². The molecule has 6 nitrogen and oxygen atoms in total. The molecule has 2 aromatic rings. The number of hydrogen-bond donors (Lipinski definition) is 1. The number of para-hydroxylation sites is 2. The molecule has 0 saturated carbocycles. The van der Waals surface area contributed by atoms with Gasteiger partial charge in [-0.1, -0.05) is 24.3 Å². The number of hydrogen-bond acceptors (Lipinski definition) is 6. The van der Waals surface area contributed by atoms with E-state index in [4.69, 9.17) is 14.2 Å². The Kier molecular flexibility index (Phi) is 7.33. The molecule has 1 aliphatic heterocycles. The summed E-state index contributed by atoms with van der Waals surface area (Å²) in [5.41, 5.74) is 0.981. The van der Waals surface area contributed by atoms with Crippen molar-refractivity contribution in [1.82, 2.24) is 0 Å². The standard InChI is InChI=1S/C21H23NO5S/c1-25-18-10-4-3-9-17(18)22-20(23)13-27-21(24)16-8-2-5-11-19(16)28-14-15-7-6-12-26-15/h2-5,8-11,15H,6-7,12-14H2,1H3,(H,22,23)/t15-/m0/s1. The Morgan fingerprint density at radius 3 is 2.75 bits per heavy atom. The number of ether oxygens (including phenoxy) is 3. The highest BCUT2D eigenvalue weighted by Gasteiger charge is 2.19. The molecule has 1 N–H and O–H groups in total. The maximum atomic E-state index is 12.5. The largest absolute Gasteiger partial charge is 0.495 e. The van der Waals surface area contributed by atoms with E-state index in [-0.39, 0.29) is 12.7 Å². The Hall–Kier alpha value is -2.51. The highest BCUT2D eigenvalue weighted by atomic mass is 32.2. The molecule has 2 aromatic carbocycles. The van der Waals surface area contributed by atoms with Crippen molar-refractivity contribution in [2.24, 2.45) is 0 Å². The summed E-state index contributed by atoms with van der Waals surface area (Å²) in [7, 11) is 1.52. The molecule has 148 valence electrons. The molecule has 3 rings (SSSR count). The second kappa shape index (κ2) is 10.1. The van der Waals surface area contributed by atoms with Gasteiger partial charge >= 0.3 is 5.97 Å². The normalized spacial score (nSPS) is 15.8. The smallest absolute Gasteiger partial charge is 0.339 e. The number of nitrogens with one attached hydrogen (secondary N) is 1. The van der Waals surface area contributed by atoms with Crippen molar-refractivity contribution in [3.8, 4) is 5.75 Å². The van der Waals surface area contributed by atoms with Crippen LogP contribution in [0.25, 0.3) is 0 Å². The third-order valence-electron chi connectivity index (χ3n) is 4.27. The highest BCUT2D eigenvalue weighted by molar-refractivity contribution is 7.99. The first kappa shape index (κ1) is 20.2. The van der Waals surface area contributed by atoms with Crippen LogP contribution in [0, 0.1) is 0 Å². The van der Waals surface area contributed by atoms with Gasteiger partial charge in [0.05, 0.1) is 24.5 Å². The number of rotatable bonds is 8. The minimum Gasteiger partial charge on any atom is -0.495 e. The molecular formula is C21H23NO5S. The van der Waals surface area contributed by atoms with E-state index in [0.29, 0.717) is 17.0 Å². The molecule has 0 aromatic heterocycles. The summed E-state index contributed by atoms with van der Waals surface area (Å²) < 4.78 is 16.0. The Balaban J connectivity index is 1.55. The van der Waals surface area contributed by atoms with Crippen molar-refractivity contribution in [3.05, 3.63) is 54.1 Å². The average molecular weight is 401 g/mol. The Morgan fingerprint density at radius 2 is 1.96 bits per heavy atom. The van der Waals surface area contributed by atoms with Crippen LogP contribution in [0.4, 0.5) is 5.69 Å². The summed E-state index contributed by atoms with van der Waals surface area (Å²) in [6.07, 6.45) is 2.35. The number of methoxy groups -OCH3 is 1. The second-order valence-corrected chi connectivity index (χ2v) is 7.33. The number of carbonyl (C=O) groups is 2. The maximum absolute atomic E-state index is 12.5. The van der Waals surface area contributed by atoms with Gasteiger partial charge in [-0.25, -0.2) is 4.79 Å². The topological polar surface area (TPSA) is 73.9 Å². The van der Waals surface area contributed by atoms with Gasteiger partial charge in [0.1, 0.15) is 5.75 Å². The van der Waals surface area contributed by atoms with Crippen LogP contribution in [0.2, 0.25) is 0 Å². The quantitative estimate of drug-likeness (QED) is 0.536. The summed E-state index contributed by atoms with van der Waals surface area (Å²) >= 11 is 1.57. The first-order chi connectivity index (χ1) is 13.7. The van der Waals surface area contributed by atoms with Crippen molar-refractivity contribution < 1.29 is 23.8 Å². The zero-order chi connectivity index (χ0) is 19.8. The lowest BCUT2D eigenvalue weighted by molar-refractivity contribution is -0.119. The van der Waals surface area contributed by atoms with Gasteiger partial charge in [0.25, 0.3) is 5.91 Å². The SMILES string of the molecule is COc1ccccc1NC(=O)COC(=O)c1ccccc1SC[C@@H]1CCCO1. The molecule has 1 amide bonds. The van der Waals surface area contributed by atoms with Crippen LogP contribution in [0.3, 0.4) is 0 Å². The van der Waals surface area contributed by atoms with Gasteiger partial charge < -0.3 is 19.5 Å². The first-order valence-corrected chi connectivity index (χ1v) is 10.1. The van der Waals surface area contributed by atoms with E-state index in [0.717, 1.165) is 30.1 Å². The van der Waals surface area contributed by atoms with E-state index in [1.807, 2.05) is 12.1 Å². The number of amides is 1. The highest BCUT2D eigenvalue weighted by Crippen LogP contribution is 2.27. The maximum Gasteiger partial charge on any atom is 0.339 e. The number of anilines is 1. The average Bonchev–Trinajstić information content (AvgIpc) is 3.25. The van der Waals surface area contributed by atoms with Gasteiger partial charge in [0, 0.05) is 17.3 Å². The van der Waals surface area contributed by atoms with Crippen LogP contribution in [-0.4, -0.2) is 44.1 Å². The number of benzene rings is 2. The Labute approximate surface area is 168 Å². The predicted molar refractivity (Wildman–Crippen MR) is 108 cm³/mol. The first-order valence-electron chi connectivity index (χ1n) is 9.11. The van der Waals surface area contributed by atoms with Crippen LogP contribution in [0.5, 0.6) is 5.75 Å². The molecule has 1 atom stereocenters. The van der Waals surface area contributed by atoms with Gasteiger partial charge in [0.2, 0.25) is 0 Å². The van der Waals surface area contributed by atoms with E-state index < -0.39 is 11.9 Å². The van der Waals surface area contributed by atoms with Crippen LogP contribution in [-0.2, 0) is 14.3 Å². The van der Waals surface area contributed by atoms with Crippen molar-refractivity contribution in [2.45, 2.75) is 23.8 Å². The lowest BCUT2D eigenvalue weighted by atomic mass is 10.2. The monoisotopic (exact) mass is 401 g/mol. The number of esters is 1. The lowest BCUT2D eigenvalue weighted by Crippen LogP contribution is -2.21. The summed E-state index contributed by atoms with van der Waals surface area (Å²) in [6, 6.07) is 14.3. The lowest BCUT2D eigenvalue weighted by Gasteiger charge is -2.12. The van der Waals surface area contributed by atoms with E-state index >= 15 is 0 Å². The fraction of sp³-hybridized carbons (Fsp3) is 0.333. The van der Waals surface area contributed by atoms with Crippen LogP contribution >= 0.6 is 11.8 Å². The van der Waals surface area contributed by atoms with Gasteiger partial charge in [-0.05, 0) is 37.1 Å². The van der Waals surface area contributed by atoms with Gasteiger partial charge in [-0.3, -0.25) is 4.79 Å².